The van der Waals surface area contributed by atoms with Crippen LogP contribution in [0, 0.1) is 0 Å². The zero-order chi connectivity index (χ0) is 20.1. The monoisotopic (exact) mass is 388 g/mol. The van der Waals surface area contributed by atoms with Crippen LogP contribution < -0.4 is 4.74 Å². The van der Waals surface area contributed by atoms with Gasteiger partial charge in [-0.05, 0) is 46.0 Å². The fourth-order valence-corrected chi connectivity index (χ4v) is 4.63. The molecule has 1 heterocycles. The lowest BCUT2D eigenvalue weighted by Gasteiger charge is -2.24. The minimum atomic E-state index is 0.305. The van der Waals surface area contributed by atoms with Gasteiger partial charge >= 0.3 is 0 Å². The second-order valence-electron chi connectivity index (χ2n) is 7.97. The lowest BCUT2D eigenvalue weighted by Crippen LogP contribution is -2.06. The highest BCUT2D eigenvalue weighted by molar-refractivity contribution is 5.96. The number of hydrogen-bond donors (Lipinski definition) is 1. The van der Waals surface area contributed by atoms with E-state index in [0.717, 1.165) is 40.7 Å². The Labute approximate surface area is 175 Å². The average Bonchev–Trinajstić information content (AvgIpc) is 2.78. The summed E-state index contributed by atoms with van der Waals surface area (Å²) in [7, 11) is 0. The highest BCUT2D eigenvalue weighted by Crippen LogP contribution is 2.45. The predicted octanol–water partition coefficient (Wildman–Crippen LogP) is 6.99. The first-order chi connectivity index (χ1) is 14.8. The van der Waals surface area contributed by atoms with Crippen molar-refractivity contribution in [2.24, 2.45) is 0 Å². The summed E-state index contributed by atoms with van der Waals surface area (Å²) >= 11 is 0. The Morgan fingerprint density at radius 1 is 0.667 bits per heavy atom. The smallest absolute Gasteiger partial charge is 0.138 e. The van der Waals surface area contributed by atoms with Crippen molar-refractivity contribution in [2.75, 3.05) is 0 Å². The summed E-state index contributed by atoms with van der Waals surface area (Å²) in [6.07, 6.45) is 1.63. The van der Waals surface area contributed by atoms with Crippen molar-refractivity contribution in [3.8, 4) is 17.2 Å². The molecule has 0 atom stereocenters. The molecule has 2 heteroatoms. The fourth-order valence-electron chi connectivity index (χ4n) is 4.63. The summed E-state index contributed by atoms with van der Waals surface area (Å²) in [6, 6.07) is 31.0. The molecule has 0 saturated carbocycles. The van der Waals surface area contributed by atoms with Crippen molar-refractivity contribution in [3.63, 3.8) is 0 Å². The molecular weight excluding hydrogens is 368 g/mol. The summed E-state index contributed by atoms with van der Waals surface area (Å²) in [4.78, 5) is 0. The number of rotatable bonds is 2. The van der Waals surface area contributed by atoms with Gasteiger partial charge in [-0.1, -0.05) is 78.9 Å². The van der Waals surface area contributed by atoms with Gasteiger partial charge in [0.05, 0.1) is 0 Å². The van der Waals surface area contributed by atoms with Crippen molar-refractivity contribution in [1.82, 2.24) is 0 Å². The minimum absolute atomic E-state index is 0.305. The Morgan fingerprint density at radius 2 is 1.43 bits per heavy atom. The standard InChI is InChI=1S/C28H20O2/c29-23-8-5-6-18(15-23)14-21-17-22-16-20-13-12-19-7-1-2-10-25(19)27(20)30-28(22)26-11-4-3-9-24(21)26/h1-13,15,17,29H,14,16H2. The summed E-state index contributed by atoms with van der Waals surface area (Å²) in [5.74, 6) is 2.25. The molecule has 5 aromatic carbocycles. The zero-order valence-electron chi connectivity index (χ0n) is 16.4. The number of phenols is 1. The van der Waals surface area contributed by atoms with Gasteiger partial charge in [-0.3, -0.25) is 0 Å². The van der Waals surface area contributed by atoms with E-state index in [2.05, 4.69) is 72.8 Å². The molecule has 5 aromatic rings. The van der Waals surface area contributed by atoms with Gasteiger partial charge in [-0.2, -0.15) is 0 Å². The van der Waals surface area contributed by atoms with E-state index >= 15 is 0 Å². The van der Waals surface area contributed by atoms with Crippen molar-refractivity contribution in [2.45, 2.75) is 12.8 Å². The molecule has 30 heavy (non-hydrogen) atoms. The van der Waals surface area contributed by atoms with Gasteiger partial charge in [0, 0.05) is 22.8 Å². The van der Waals surface area contributed by atoms with Crippen LogP contribution >= 0.6 is 0 Å². The molecule has 0 aromatic heterocycles. The molecule has 0 fully saturated rings. The Morgan fingerprint density at radius 3 is 2.30 bits per heavy atom. The Hall–Kier alpha value is -3.78. The molecule has 1 N–H and O–H groups in total. The Balaban J connectivity index is 1.53. The quantitative estimate of drug-likeness (QED) is 0.346. The van der Waals surface area contributed by atoms with Gasteiger partial charge in [0.25, 0.3) is 0 Å². The van der Waals surface area contributed by atoms with Crippen LogP contribution in [0.5, 0.6) is 17.2 Å². The van der Waals surface area contributed by atoms with Crippen molar-refractivity contribution >= 4 is 21.5 Å². The molecule has 2 nitrogen and oxygen atoms in total. The maximum atomic E-state index is 9.87. The Kier molecular flexibility index (Phi) is 3.78. The van der Waals surface area contributed by atoms with Crippen LogP contribution in [0.25, 0.3) is 21.5 Å². The number of phenolic OH excluding ortho intramolecular Hbond substituents is 1. The van der Waals surface area contributed by atoms with Crippen molar-refractivity contribution < 1.29 is 9.84 Å². The van der Waals surface area contributed by atoms with E-state index in [0.29, 0.717) is 5.75 Å². The van der Waals surface area contributed by atoms with E-state index < -0.39 is 0 Å². The number of aromatic hydroxyl groups is 1. The summed E-state index contributed by atoms with van der Waals surface area (Å²) < 4.78 is 6.59. The SMILES string of the molecule is Oc1cccc(Cc2cc3c(c4ccccc24)Oc2c(ccc4ccccc24)C3)c1. The molecule has 0 radical (unpaired) electrons. The summed E-state index contributed by atoms with van der Waals surface area (Å²) in [5, 5.41) is 14.6. The largest absolute Gasteiger partial charge is 0.508 e. The minimum Gasteiger partial charge on any atom is -0.508 e. The number of benzene rings is 5. The lowest BCUT2D eigenvalue weighted by molar-refractivity contribution is 0.471. The van der Waals surface area contributed by atoms with Gasteiger partial charge in [0.1, 0.15) is 17.2 Å². The molecule has 6 rings (SSSR count). The van der Waals surface area contributed by atoms with Crippen LogP contribution in [0.3, 0.4) is 0 Å². The van der Waals surface area contributed by atoms with E-state index in [-0.39, 0.29) is 0 Å². The Bertz CT molecular complexity index is 1430. The third-order valence-electron chi connectivity index (χ3n) is 6.01. The number of fused-ring (bicyclic) bond motifs is 6. The maximum absolute atomic E-state index is 9.87. The van der Waals surface area contributed by atoms with Crippen LogP contribution in [-0.4, -0.2) is 5.11 Å². The first kappa shape index (κ1) is 17.1. The normalized spacial score (nSPS) is 12.4. The van der Waals surface area contributed by atoms with Gasteiger partial charge in [0.2, 0.25) is 0 Å². The highest BCUT2D eigenvalue weighted by atomic mass is 16.5. The van der Waals surface area contributed by atoms with Crippen LogP contribution in [0.4, 0.5) is 0 Å². The second kappa shape index (κ2) is 6.64. The van der Waals surface area contributed by atoms with E-state index in [1.807, 2.05) is 12.1 Å². The summed E-state index contributed by atoms with van der Waals surface area (Å²) in [5.41, 5.74) is 4.79. The van der Waals surface area contributed by atoms with Gasteiger partial charge < -0.3 is 9.84 Å². The third kappa shape index (κ3) is 2.73. The van der Waals surface area contributed by atoms with Gasteiger partial charge in [-0.15, -0.1) is 0 Å². The molecule has 144 valence electrons. The van der Waals surface area contributed by atoms with Crippen LogP contribution in [0.2, 0.25) is 0 Å². The van der Waals surface area contributed by atoms with Gasteiger partial charge in [-0.25, -0.2) is 0 Å². The van der Waals surface area contributed by atoms with Crippen LogP contribution in [0.1, 0.15) is 22.3 Å². The molecule has 1 aliphatic rings. The molecule has 0 spiro atoms. The van der Waals surface area contributed by atoms with Crippen LogP contribution in [0.15, 0.2) is 91.0 Å². The molecular formula is C28H20O2. The van der Waals surface area contributed by atoms with E-state index in [1.165, 1.54) is 27.5 Å². The van der Waals surface area contributed by atoms with E-state index in [4.69, 9.17) is 4.74 Å². The molecule has 0 saturated heterocycles. The molecule has 1 aliphatic heterocycles. The lowest BCUT2D eigenvalue weighted by atomic mass is 9.90. The average molecular weight is 388 g/mol. The zero-order valence-corrected chi connectivity index (χ0v) is 16.4. The van der Waals surface area contributed by atoms with Crippen LogP contribution in [-0.2, 0) is 12.8 Å². The molecule has 0 bridgehead atoms. The van der Waals surface area contributed by atoms with Gasteiger partial charge in [0.15, 0.2) is 0 Å². The first-order valence-electron chi connectivity index (χ1n) is 10.3. The topological polar surface area (TPSA) is 29.5 Å². The van der Waals surface area contributed by atoms with E-state index in [1.54, 1.807) is 6.07 Å². The predicted molar refractivity (Wildman–Crippen MR) is 122 cm³/mol. The van der Waals surface area contributed by atoms with Crippen molar-refractivity contribution in [3.05, 3.63) is 113 Å². The fraction of sp³-hybridized carbons (Fsp3) is 0.0714. The summed E-state index contributed by atoms with van der Waals surface area (Å²) in [6.45, 7) is 0. The molecule has 0 aliphatic carbocycles. The highest BCUT2D eigenvalue weighted by Gasteiger charge is 2.22. The maximum Gasteiger partial charge on any atom is 0.138 e. The first-order valence-corrected chi connectivity index (χ1v) is 10.3. The third-order valence-corrected chi connectivity index (χ3v) is 6.01. The molecule has 0 amide bonds. The number of hydrogen-bond acceptors (Lipinski definition) is 2. The second-order valence-corrected chi connectivity index (χ2v) is 7.97. The molecule has 0 unspecified atom stereocenters. The number of ether oxygens (including phenoxy) is 1. The van der Waals surface area contributed by atoms with E-state index in [9.17, 15) is 5.11 Å². The van der Waals surface area contributed by atoms with Crippen molar-refractivity contribution in [1.29, 1.82) is 0 Å².